The predicted molar refractivity (Wildman–Crippen MR) is 148 cm³/mol. The fourth-order valence-electron chi connectivity index (χ4n) is 3.39. The van der Waals surface area contributed by atoms with E-state index in [0.717, 1.165) is 33.8 Å². The largest absolute Gasteiger partial charge is 0.508 e. The van der Waals surface area contributed by atoms with Crippen LogP contribution in [0.4, 0.5) is 0 Å². The highest BCUT2D eigenvalue weighted by Crippen LogP contribution is 2.22. The Morgan fingerprint density at radius 2 is 1.00 bits per heavy atom. The van der Waals surface area contributed by atoms with Gasteiger partial charge in [0.05, 0.1) is 20.8 Å². The molecule has 0 bridgehead atoms. The molecule has 4 rings (SSSR count). The van der Waals surface area contributed by atoms with Crippen molar-refractivity contribution >= 4 is 24.3 Å². The zero-order valence-corrected chi connectivity index (χ0v) is 20.7. The van der Waals surface area contributed by atoms with Crippen LogP contribution in [0.1, 0.15) is 27.8 Å². The van der Waals surface area contributed by atoms with Gasteiger partial charge in [-0.2, -0.15) is 0 Å². The van der Waals surface area contributed by atoms with Crippen molar-refractivity contribution in [1.29, 1.82) is 0 Å². The number of aliphatic hydroxyl groups excluding tert-OH is 1. The first-order valence-corrected chi connectivity index (χ1v) is 11.5. The van der Waals surface area contributed by atoms with Crippen LogP contribution in [0.5, 0.6) is 28.7 Å². The average Bonchev–Trinajstić information content (AvgIpc) is 2.91. The maximum Gasteiger partial charge on any atom is 0.119 e. The molecule has 0 amide bonds. The van der Waals surface area contributed by atoms with Crippen LogP contribution in [0, 0.1) is 0 Å². The molecule has 0 saturated carbocycles. The van der Waals surface area contributed by atoms with Gasteiger partial charge in [0, 0.05) is 6.07 Å². The lowest BCUT2D eigenvalue weighted by atomic mass is 10.1. The van der Waals surface area contributed by atoms with Gasteiger partial charge in [0.15, 0.2) is 0 Å². The first-order chi connectivity index (χ1) is 17.9. The van der Waals surface area contributed by atoms with Gasteiger partial charge in [-0.1, -0.05) is 48.6 Å². The number of ether oxygens (including phenoxy) is 2. The summed E-state index contributed by atoms with van der Waals surface area (Å²) in [4.78, 5) is 0. The second kappa shape index (κ2) is 13.4. The Morgan fingerprint density at radius 1 is 0.514 bits per heavy atom. The predicted octanol–water partition coefficient (Wildman–Crippen LogP) is 6.34. The van der Waals surface area contributed by atoms with E-state index in [1.54, 1.807) is 56.7 Å². The van der Waals surface area contributed by atoms with E-state index < -0.39 is 0 Å². The molecule has 0 radical (unpaired) electrons. The average molecular weight is 499 g/mol. The second-order valence-corrected chi connectivity index (χ2v) is 8.09. The van der Waals surface area contributed by atoms with Gasteiger partial charge in [-0.25, -0.2) is 0 Å². The van der Waals surface area contributed by atoms with Gasteiger partial charge in [-0.05, 0) is 82.4 Å². The third kappa shape index (κ3) is 8.80. The molecular weight excluding hydrogens is 468 g/mol. The normalized spacial score (nSPS) is 10.8. The van der Waals surface area contributed by atoms with E-state index in [0.29, 0.717) is 5.56 Å². The highest BCUT2D eigenvalue weighted by Gasteiger charge is 1.99. The molecule has 0 fully saturated rings. The number of hydrogen-bond acceptors (Lipinski definition) is 6. The van der Waals surface area contributed by atoms with E-state index in [1.807, 2.05) is 60.7 Å². The number of aliphatic hydroxyl groups is 1. The molecule has 0 spiro atoms. The lowest BCUT2D eigenvalue weighted by Gasteiger charge is -2.05. The van der Waals surface area contributed by atoms with E-state index in [2.05, 4.69) is 0 Å². The zero-order valence-electron chi connectivity index (χ0n) is 20.7. The molecule has 6 heteroatoms. The Kier molecular flexibility index (Phi) is 9.76. The Hall–Kier alpha value is -4.68. The maximum atomic E-state index is 9.30. The van der Waals surface area contributed by atoms with E-state index >= 15 is 0 Å². The quantitative estimate of drug-likeness (QED) is 0.222. The van der Waals surface area contributed by atoms with Crippen molar-refractivity contribution in [2.45, 2.75) is 6.61 Å². The lowest BCUT2D eigenvalue weighted by Crippen LogP contribution is -1.89. The van der Waals surface area contributed by atoms with Crippen molar-refractivity contribution in [3.05, 3.63) is 113 Å². The number of phenols is 3. The van der Waals surface area contributed by atoms with E-state index in [9.17, 15) is 15.3 Å². The summed E-state index contributed by atoms with van der Waals surface area (Å²) in [6.45, 7) is 0.000571. The minimum absolute atomic E-state index is 0.000571. The van der Waals surface area contributed by atoms with Crippen LogP contribution in [0.15, 0.2) is 84.9 Å². The topological polar surface area (TPSA) is 99.4 Å². The number of hydrogen-bond donors (Lipinski definition) is 4. The van der Waals surface area contributed by atoms with Gasteiger partial charge >= 0.3 is 0 Å². The van der Waals surface area contributed by atoms with Crippen LogP contribution in [-0.4, -0.2) is 34.6 Å². The molecular formula is C31H30O6. The summed E-state index contributed by atoms with van der Waals surface area (Å²) >= 11 is 0. The van der Waals surface area contributed by atoms with Crippen LogP contribution in [0.3, 0.4) is 0 Å². The zero-order chi connectivity index (χ0) is 26.6. The monoisotopic (exact) mass is 498 g/mol. The molecule has 0 atom stereocenters. The minimum atomic E-state index is 0.000571. The number of aromatic hydroxyl groups is 3. The Labute approximate surface area is 216 Å². The highest BCUT2D eigenvalue weighted by molar-refractivity contribution is 5.72. The number of phenolic OH excluding ortho intramolecular Hbond substituents is 3. The molecule has 0 saturated heterocycles. The number of benzene rings is 4. The van der Waals surface area contributed by atoms with Crippen LogP contribution in [0.25, 0.3) is 24.3 Å². The number of methoxy groups -OCH3 is 2. The molecule has 4 aromatic carbocycles. The van der Waals surface area contributed by atoms with Gasteiger partial charge < -0.3 is 29.9 Å². The Morgan fingerprint density at radius 3 is 1.51 bits per heavy atom. The summed E-state index contributed by atoms with van der Waals surface area (Å²) in [6.07, 6.45) is 7.60. The molecule has 0 aromatic heterocycles. The summed E-state index contributed by atoms with van der Waals surface area (Å²) in [7, 11) is 3.27. The minimum Gasteiger partial charge on any atom is -0.508 e. The van der Waals surface area contributed by atoms with Crippen molar-refractivity contribution in [2.75, 3.05) is 14.2 Å². The molecule has 0 unspecified atom stereocenters. The summed E-state index contributed by atoms with van der Waals surface area (Å²) in [5, 5.41) is 37.0. The summed E-state index contributed by atoms with van der Waals surface area (Å²) in [5.74, 6) is 1.85. The molecule has 0 aliphatic carbocycles. The standard InChI is InChI=1S/C17H18O3.C14H12O3/c1-19-16-7-5-13(6-8-16)3-4-14-9-15(12-18)11-17(10-14)20-2;15-12-5-3-10(4-6-12)1-2-11-7-13(16)9-14(17)8-11/h3-11,18H,12H2,1-2H3;1-9,15-17H/b4-3+;2-1+. The molecule has 6 nitrogen and oxygen atoms in total. The smallest absolute Gasteiger partial charge is 0.119 e. The molecule has 0 heterocycles. The first-order valence-electron chi connectivity index (χ1n) is 11.5. The summed E-state index contributed by atoms with van der Waals surface area (Å²) in [5.41, 5.74) is 4.53. The maximum absolute atomic E-state index is 9.30. The summed E-state index contributed by atoms with van der Waals surface area (Å²) < 4.78 is 10.3. The van der Waals surface area contributed by atoms with Crippen molar-refractivity contribution in [1.82, 2.24) is 0 Å². The van der Waals surface area contributed by atoms with Crippen molar-refractivity contribution < 1.29 is 29.9 Å². The lowest BCUT2D eigenvalue weighted by molar-refractivity contribution is 0.281. The second-order valence-electron chi connectivity index (χ2n) is 8.09. The van der Waals surface area contributed by atoms with Crippen molar-refractivity contribution in [2.24, 2.45) is 0 Å². The Balaban J connectivity index is 0.000000208. The van der Waals surface area contributed by atoms with Crippen LogP contribution in [-0.2, 0) is 6.61 Å². The first kappa shape index (κ1) is 26.9. The van der Waals surface area contributed by atoms with Crippen molar-refractivity contribution in [3.63, 3.8) is 0 Å². The molecule has 190 valence electrons. The van der Waals surface area contributed by atoms with E-state index in [4.69, 9.17) is 14.6 Å². The third-order valence-electron chi connectivity index (χ3n) is 5.28. The molecule has 0 aliphatic rings. The van der Waals surface area contributed by atoms with Gasteiger partial charge in [0.25, 0.3) is 0 Å². The van der Waals surface area contributed by atoms with Crippen LogP contribution >= 0.6 is 0 Å². The molecule has 0 aliphatic heterocycles. The van der Waals surface area contributed by atoms with Crippen molar-refractivity contribution in [3.8, 4) is 28.7 Å². The van der Waals surface area contributed by atoms with Gasteiger partial charge in [0.1, 0.15) is 28.7 Å². The Bertz CT molecular complexity index is 1300. The van der Waals surface area contributed by atoms with Gasteiger partial charge in [0.2, 0.25) is 0 Å². The molecule has 4 N–H and O–H groups in total. The van der Waals surface area contributed by atoms with Gasteiger partial charge in [-0.15, -0.1) is 0 Å². The van der Waals surface area contributed by atoms with Gasteiger partial charge in [-0.3, -0.25) is 0 Å². The SMILES string of the molecule is COc1ccc(/C=C/c2cc(CO)cc(OC)c2)cc1.Oc1ccc(/C=C/c2cc(O)cc(O)c2)cc1. The van der Waals surface area contributed by atoms with E-state index in [1.165, 1.54) is 6.07 Å². The van der Waals surface area contributed by atoms with Crippen LogP contribution < -0.4 is 9.47 Å². The third-order valence-corrected chi connectivity index (χ3v) is 5.28. The van der Waals surface area contributed by atoms with Crippen LogP contribution in [0.2, 0.25) is 0 Å². The van der Waals surface area contributed by atoms with E-state index in [-0.39, 0.29) is 23.9 Å². The fourth-order valence-corrected chi connectivity index (χ4v) is 3.39. The summed E-state index contributed by atoms with van der Waals surface area (Å²) in [6, 6.07) is 24.6. The fraction of sp³-hybridized carbons (Fsp3) is 0.0968. The molecule has 37 heavy (non-hydrogen) atoms. The highest BCUT2D eigenvalue weighted by atomic mass is 16.5. The molecule has 4 aromatic rings. The number of rotatable bonds is 7.